The van der Waals surface area contributed by atoms with E-state index in [2.05, 4.69) is 38.7 Å². The molecule has 0 saturated carbocycles. The van der Waals surface area contributed by atoms with Gasteiger partial charge in [-0.05, 0) is 12.0 Å². The molecule has 0 fully saturated rings. The third-order valence-electron chi connectivity index (χ3n) is 4.59. The fourth-order valence-electron chi connectivity index (χ4n) is 2.60. The second-order valence-corrected chi connectivity index (χ2v) is 12.5. The monoisotopic (exact) mass is 296 g/mol. The minimum Gasteiger partial charge on any atom is -0.294 e. The van der Waals surface area contributed by atoms with Crippen molar-refractivity contribution in [2.24, 2.45) is 0 Å². The van der Waals surface area contributed by atoms with Gasteiger partial charge in [0.2, 0.25) is 0 Å². The SMILES string of the molecule is C[C@@](Cc1ccccc1)(C(=O)c1ccccc1)[Si](C)(C)C. The minimum absolute atomic E-state index is 0.283. The van der Waals surface area contributed by atoms with Crippen molar-refractivity contribution < 1.29 is 4.79 Å². The van der Waals surface area contributed by atoms with Gasteiger partial charge in [0.15, 0.2) is 5.78 Å². The first kappa shape index (κ1) is 15.7. The minimum atomic E-state index is -1.69. The molecule has 1 atom stereocenters. The van der Waals surface area contributed by atoms with Crippen molar-refractivity contribution in [2.45, 2.75) is 38.0 Å². The van der Waals surface area contributed by atoms with Crippen LogP contribution in [-0.4, -0.2) is 13.9 Å². The van der Waals surface area contributed by atoms with E-state index in [9.17, 15) is 4.79 Å². The van der Waals surface area contributed by atoms with E-state index >= 15 is 0 Å². The zero-order valence-electron chi connectivity index (χ0n) is 13.4. The van der Waals surface area contributed by atoms with E-state index in [0.717, 1.165) is 12.0 Å². The molecule has 2 aromatic rings. The largest absolute Gasteiger partial charge is 0.294 e. The third kappa shape index (κ3) is 3.33. The lowest BCUT2D eigenvalue weighted by atomic mass is 9.91. The van der Waals surface area contributed by atoms with Gasteiger partial charge in [0.1, 0.15) is 0 Å². The van der Waals surface area contributed by atoms with Gasteiger partial charge in [-0.1, -0.05) is 87.2 Å². The van der Waals surface area contributed by atoms with Crippen molar-refractivity contribution in [2.75, 3.05) is 0 Å². The smallest absolute Gasteiger partial charge is 0.166 e. The van der Waals surface area contributed by atoms with Crippen molar-refractivity contribution in [3.63, 3.8) is 0 Å². The Kier molecular flexibility index (Phi) is 4.48. The van der Waals surface area contributed by atoms with Crippen LogP contribution < -0.4 is 0 Å². The Morgan fingerprint density at radius 1 is 0.905 bits per heavy atom. The molecule has 0 amide bonds. The van der Waals surface area contributed by atoms with Crippen molar-refractivity contribution in [3.05, 3.63) is 71.8 Å². The molecule has 2 heteroatoms. The molecule has 0 heterocycles. The Labute approximate surface area is 129 Å². The number of rotatable bonds is 5. The molecule has 0 N–H and O–H groups in total. The molecule has 0 unspecified atom stereocenters. The van der Waals surface area contributed by atoms with Crippen molar-refractivity contribution in [3.8, 4) is 0 Å². The molecule has 21 heavy (non-hydrogen) atoms. The Hall–Kier alpha value is -1.67. The van der Waals surface area contributed by atoms with Gasteiger partial charge in [-0.2, -0.15) is 0 Å². The van der Waals surface area contributed by atoms with Crippen LogP contribution in [0.1, 0.15) is 22.8 Å². The molecule has 2 aromatic carbocycles. The van der Waals surface area contributed by atoms with Gasteiger partial charge in [-0.25, -0.2) is 0 Å². The Morgan fingerprint density at radius 3 is 1.86 bits per heavy atom. The molecule has 0 radical (unpaired) electrons. The molecule has 0 saturated heterocycles. The Balaban J connectivity index is 2.41. The summed E-state index contributed by atoms with van der Waals surface area (Å²) in [5.41, 5.74) is 2.07. The van der Waals surface area contributed by atoms with Crippen molar-refractivity contribution in [1.29, 1.82) is 0 Å². The van der Waals surface area contributed by atoms with Gasteiger partial charge >= 0.3 is 0 Å². The van der Waals surface area contributed by atoms with E-state index in [1.807, 2.05) is 48.5 Å². The van der Waals surface area contributed by atoms with Crippen LogP contribution in [-0.2, 0) is 6.42 Å². The summed E-state index contributed by atoms with van der Waals surface area (Å²) in [6.45, 7) is 9.02. The molecule has 0 aliphatic rings. The number of benzene rings is 2. The second kappa shape index (κ2) is 5.98. The van der Waals surface area contributed by atoms with Gasteiger partial charge in [0, 0.05) is 10.6 Å². The van der Waals surface area contributed by atoms with Crippen LogP contribution in [0.4, 0.5) is 0 Å². The van der Waals surface area contributed by atoms with Crippen molar-refractivity contribution >= 4 is 13.9 Å². The van der Waals surface area contributed by atoms with Crippen LogP contribution in [0.2, 0.25) is 24.7 Å². The van der Waals surface area contributed by atoms with E-state index in [4.69, 9.17) is 0 Å². The summed E-state index contributed by atoms with van der Waals surface area (Å²) >= 11 is 0. The topological polar surface area (TPSA) is 17.1 Å². The maximum Gasteiger partial charge on any atom is 0.166 e. The first-order valence-electron chi connectivity index (χ1n) is 7.48. The van der Waals surface area contributed by atoms with E-state index in [1.54, 1.807) is 0 Å². The summed E-state index contributed by atoms with van der Waals surface area (Å²) in [7, 11) is -1.69. The fraction of sp³-hybridized carbons (Fsp3) is 0.316. The highest BCUT2D eigenvalue weighted by atomic mass is 28.3. The summed E-state index contributed by atoms with van der Waals surface area (Å²) < 4.78 is 0. The Morgan fingerprint density at radius 2 is 1.38 bits per heavy atom. The van der Waals surface area contributed by atoms with E-state index in [-0.39, 0.29) is 10.8 Å². The van der Waals surface area contributed by atoms with E-state index in [0.29, 0.717) is 0 Å². The first-order chi connectivity index (χ1) is 9.84. The maximum absolute atomic E-state index is 13.2. The van der Waals surface area contributed by atoms with Crippen LogP contribution in [0.25, 0.3) is 0 Å². The molecule has 110 valence electrons. The average molecular weight is 296 g/mol. The fourth-order valence-corrected chi connectivity index (χ4v) is 4.16. The highest BCUT2D eigenvalue weighted by molar-refractivity contribution is 6.82. The summed E-state index contributed by atoms with van der Waals surface area (Å²) in [6, 6.07) is 20.1. The Bertz CT molecular complexity index is 598. The molecular weight excluding hydrogens is 272 g/mol. The van der Waals surface area contributed by atoms with Crippen LogP contribution in [0.3, 0.4) is 0 Å². The molecule has 0 aliphatic carbocycles. The molecule has 0 spiro atoms. The number of carbonyl (C=O) groups is 1. The molecule has 0 aromatic heterocycles. The lowest BCUT2D eigenvalue weighted by Crippen LogP contribution is -2.44. The van der Waals surface area contributed by atoms with Crippen LogP contribution in [0.15, 0.2) is 60.7 Å². The molecule has 2 rings (SSSR count). The third-order valence-corrected chi connectivity index (χ3v) is 8.31. The number of hydrogen-bond donors (Lipinski definition) is 0. The zero-order valence-corrected chi connectivity index (χ0v) is 14.4. The second-order valence-electron chi connectivity index (χ2n) is 6.94. The number of carbonyl (C=O) groups excluding carboxylic acids is 1. The van der Waals surface area contributed by atoms with E-state index < -0.39 is 8.07 Å². The molecular formula is C19H24OSi. The normalized spacial score (nSPS) is 14.5. The number of Topliss-reactive ketones (excluding diaryl/α,β-unsaturated/α-hetero) is 1. The standard InChI is InChI=1S/C19H24OSi/c1-19(21(2,3)4,15-16-11-7-5-8-12-16)18(20)17-13-9-6-10-14-17/h5-14H,15H2,1-4H3/t19-/m1/s1. The van der Waals surface area contributed by atoms with Gasteiger partial charge in [-0.15, -0.1) is 0 Å². The lowest BCUT2D eigenvalue weighted by molar-refractivity contribution is 0.0935. The van der Waals surface area contributed by atoms with Gasteiger partial charge in [0.25, 0.3) is 0 Å². The van der Waals surface area contributed by atoms with Crippen LogP contribution >= 0.6 is 0 Å². The summed E-state index contributed by atoms with van der Waals surface area (Å²) in [5, 5.41) is -0.296. The lowest BCUT2D eigenvalue weighted by Gasteiger charge is -2.39. The predicted molar refractivity (Wildman–Crippen MR) is 92.6 cm³/mol. The molecule has 0 bridgehead atoms. The zero-order chi connectivity index (χ0) is 15.5. The van der Waals surface area contributed by atoms with Gasteiger partial charge < -0.3 is 0 Å². The van der Waals surface area contributed by atoms with E-state index in [1.165, 1.54) is 5.56 Å². The van der Waals surface area contributed by atoms with Crippen LogP contribution in [0, 0.1) is 0 Å². The predicted octanol–water partition coefficient (Wildman–Crippen LogP) is 5.21. The summed E-state index contributed by atoms with van der Waals surface area (Å²) in [6.07, 6.45) is 0.817. The number of ketones is 1. The van der Waals surface area contributed by atoms with Gasteiger partial charge in [0.05, 0.1) is 8.07 Å². The van der Waals surface area contributed by atoms with Crippen molar-refractivity contribution in [1.82, 2.24) is 0 Å². The maximum atomic E-state index is 13.2. The summed E-state index contributed by atoms with van der Waals surface area (Å²) in [5.74, 6) is 0.283. The molecule has 0 aliphatic heterocycles. The summed E-state index contributed by atoms with van der Waals surface area (Å²) in [4.78, 5) is 13.2. The van der Waals surface area contributed by atoms with Crippen LogP contribution in [0.5, 0.6) is 0 Å². The highest BCUT2D eigenvalue weighted by Gasteiger charge is 2.45. The average Bonchev–Trinajstić information content (AvgIpc) is 2.47. The highest BCUT2D eigenvalue weighted by Crippen LogP contribution is 2.43. The van der Waals surface area contributed by atoms with Gasteiger partial charge in [-0.3, -0.25) is 4.79 Å². The first-order valence-corrected chi connectivity index (χ1v) is 11.0. The quantitative estimate of drug-likeness (QED) is 0.547. The molecule has 1 nitrogen and oxygen atoms in total. The number of hydrogen-bond acceptors (Lipinski definition) is 1.